The molecule has 4 nitrogen and oxygen atoms in total. The molecular weight excluding hydrogens is 357 g/mol. The van der Waals surface area contributed by atoms with Gasteiger partial charge in [0.25, 0.3) is 0 Å². The molecular formula is C23H24FNO3. The van der Waals surface area contributed by atoms with Crippen LogP contribution in [0.1, 0.15) is 38.0 Å². The SMILES string of the molecule is Cc1ccc(Oc2cccc(C(C#N)OC(=O)C3C(C)(C)C3(C)CF)c2)cc1. The molecule has 1 aliphatic rings. The normalized spacial score (nSPS) is 23.4. The minimum absolute atomic E-state index is 0.491. The van der Waals surface area contributed by atoms with Crippen LogP contribution in [0.15, 0.2) is 48.5 Å². The second-order valence-corrected chi connectivity index (χ2v) is 8.14. The average molecular weight is 381 g/mol. The fraction of sp³-hybridized carbons (Fsp3) is 0.391. The Morgan fingerprint density at radius 1 is 1.18 bits per heavy atom. The van der Waals surface area contributed by atoms with Crippen LogP contribution in [-0.2, 0) is 9.53 Å². The number of carbonyl (C=O) groups is 1. The topological polar surface area (TPSA) is 59.3 Å². The number of rotatable bonds is 6. The molecule has 0 N–H and O–H groups in total. The standard InChI is InChI=1S/C23H24FNO3/c1-15-8-10-17(11-9-15)27-18-7-5-6-16(12-18)19(13-25)28-21(26)20-22(2,3)23(20,4)14-24/h5-12,19-20H,14H2,1-4H3. The molecule has 0 aliphatic heterocycles. The summed E-state index contributed by atoms with van der Waals surface area (Å²) in [5, 5.41) is 9.52. The quantitative estimate of drug-likeness (QED) is 0.618. The minimum Gasteiger partial charge on any atom is -0.457 e. The van der Waals surface area contributed by atoms with Crippen LogP contribution in [0.2, 0.25) is 0 Å². The first-order valence-electron chi connectivity index (χ1n) is 9.23. The Hall–Kier alpha value is -2.87. The molecule has 5 heteroatoms. The van der Waals surface area contributed by atoms with Crippen molar-refractivity contribution in [3.8, 4) is 17.6 Å². The molecule has 0 saturated heterocycles. The van der Waals surface area contributed by atoms with Crippen molar-refractivity contribution in [2.75, 3.05) is 6.67 Å². The smallest absolute Gasteiger partial charge is 0.311 e. The van der Waals surface area contributed by atoms with Crippen molar-refractivity contribution in [3.63, 3.8) is 0 Å². The van der Waals surface area contributed by atoms with Gasteiger partial charge < -0.3 is 9.47 Å². The minimum atomic E-state index is -1.07. The lowest BCUT2D eigenvalue weighted by Gasteiger charge is -2.14. The van der Waals surface area contributed by atoms with Gasteiger partial charge in [0.15, 0.2) is 0 Å². The van der Waals surface area contributed by atoms with E-state index in [1.807, 2.05) is 51.1 Å². The highest BCUT2D eigenvalue weighted by Crippen LogP contribution is 2.69. The van der Waals surface area contributed by atoms with Crippen LogP contribution < -0.4 is 4.74 Å². The number of esters is 1. The summed E-state index contributed by atoms with van der Waals surface area (Å²) in [6.07, 6.45) is -1.07. The van der Waals surface area contributed by atoms with Crippen molar-refractivity contribution in [1.29, 1.82) is 5.26 Å². The summed E-state index contributed by atoms with van der Waals surface area (Å²) in [5.74, 6) is 0.110. The first-order valence-corrected chi connectivity index (χ1v) is 9.23. The Morgan fingerprint density at radius 2 is 1.86 bits per heavy atom. The van der Waals surface area contributed by atoms with E-state index < -0.39 is 35.5 Å². The summed E-state index contributed by atoms with van der Waals surface area (Å²) in [7, 11) is 0. The molecule has 28 heavy (non-hydrogen) atoms. The Kier molecular flexibility index (Phi) is 5.16. The van der Waals surface area contributed by atoms with Gasteiger partial charge in [-0.15, -0.1) is 0 Å². The van der Waals surface area contributed by atoms with Crippen molar-refractivity contribution in [2.45, 2.75) is 33.8 Å². The zero-order valence-corrected chi connectivity index (χ0v) is 16.5. The van der Waals surface area contributed by atoms with E-state index in [9.17, 15) is 14.4 Å². The third-order valence-corrected chi connectivity index (χ3v) is 6.03. The molecule has 2 aromatic rings. The summed E-state index contributed by atoms with van der Waals surface area (Å²) in [6.45, 7) is 6.81. The number of hydrogen-bond acceptors (Lipinski definition) is 4. The van der Waals surface area contributed by atoms with Crippen LogP contribution in [0.5, 0.6) is 11.5 Å². The number of alkyl halides is 1. The van der Waals surface area contributed by atoms with Crippen molar-refractivity contribution in [2.24, 2.45) is 16.7 Å². The Balaban J connectivity index is 1.74. The van der Waals surface area contributed by atoms with Crippen LogP contribution in [0.25, 0.3) is 0 Å². The number of nitrogens with zero attached hydrogens (tertiary/aromatic N) is 1. The Morgan fingerprint density at radius 3 is 2.43 bits per heavy atom. The van der Waals surface area contributed by atoms with Crippen LogP contribution in [0, 0.1) is 35.0 Å². The van der Waals surface area contributed by atoms with Gasteiger partial charge in [-0.25, -0.2) is 0 Å². The summed E-state index contributed by atoms with van der Waals surface area (Å²) in [6, 6.07) is 16.5. The molecule has 1 saturated carbocycles. The fourth-order valence-electron chi connectivity index (χ4n) is 3.71. The highest BCUT2D eigenvalue weighted by atomic mass is 19.1. The van der Waals surface area contributed by atoms with Crippen molar-refractivity contribution < 1.29 is 18.7 Å². The highest BCUT2D eigenvalue weighted by Gasteiger charge is 2.72. The third-order valence-electron chi connectivity index (χ3n) is 6.03. The summed E-state index contributed by atoms with van der Waals surface area (Å²) >= 11 is 0. The highest BCUT2D eigenvalue weighted by molar-refractivity contribution is 5.79. The monoisotopic (exact) mass is 381 g/mol. The zero-order chi connectivity index (χ0) is 20.5. The number of benzene rings is 2. The van der Waals surface area contributed by atoms with E-state index in [4.69, 9.17) is 9.47 Å². The summed E-state index contributed by atoms with van der Waals surface area (Å²) < 4.78 is 24.7. The Labute approximate surface area is 164 Å². The first-order chi connectivity index (χ1) is 13.2. The molecule has 0 spiro atoms. The number of nitriles is 1. The molecule has 3 rings (SSSR count). The number of ether oxygens (including phenoxy) is 2. The van der Waals surface area contributed by atoms with Gasteiger partial charge in [-0.1, -0.05) is 50.6 Å². The van der Waals surface area contributed by atoms with Crippen LogP contribution >= 0.6 is 0 Å². The average Bonchev–Trinajstić information content (AvgIpc) is 3.14. The first kappa shape index (κ1) is 19.9. The van der Waals surface area contributed by atoms with E-state index in [2.05, 4.69) is 0 Å². The van der Waals surface area contributed by atoms with Gasteiger partial charge in [-0.3, -0.25) is 9.18 Å². The third kappa shape index (κ3) is 3.47. The van der Waals surface area contributed by atoms with E-state index >= 15 is 0 Å². The predicted octanol–water partition coefficient (Wildman–Crippen LogP) is 5.53. The van der Waals surface area contributed by atoms with Crippen molar-refractivity contribution >= 4 is 5.97 Å². The van der Waals surface area contributed by atoms with Gasteiger partial charge in [0.2, 0.25) is 6.10 Å². The predicted molar refractivity (Wildman–Crippen MR) is 103 cm³/mol. The molecule has 3 unspecified atom stereocenters. The molecule has 146 valence electrons. The lowest BCUT2D eigenvalue weighted by molar-refractivity contribution is -0.150. The summed E-state index contributed by atoms with van der Waals surface area (Å²) in [4.78, 5) is 12.6. The second kappa shape index (κ2) is 7.27. The largest absolute Gasteiger partial charge is 0.457 e. The van der Waals surface area contributed by atoms with Crippen LogP contribution in [-0.4, -0.2) is 12.6 Å². The van der Waals surface area contributed by atoms with Gasteiger partial charge >= 0.3 is 5.97 Å². The van der Waals surface area contributed by atoms with E-state index in [1.54, 1.807) is 31.2 Å². The van der Waals surface area contributed by atoms with Crippen LogP contribution in [0.3, 0.4) is 0 Å². The molecule has 2 aromatic carbocycles. The molecule has 0 heterocycles. The molecule has 0 amide bonds. The number of halogens is 1. The van der Waals surface area contributed by atoms with Gasteiger partial charge in [-0.05, 0) is 36.6 Å². The van der Waals surface area contributed by atoms with E-state index in [0.29, 0.717) is 17.1 Å². The van der Waals surface area contributed by atoms with Gasteiger partial charge in [0, 0.05) is 11.0 Å². The molecule has 0 aromatic heterocycles. The number of carbonyl (C=O) groups excluding carboxylic acids is 1. The van der Waals surface area contributed by atoms with Gasteiger partial charge in [0.05, 0.1) is 12.6 Å². The molecule has 3 atom stereocenters. The Bertz CT molecular complexity index is 916. The fourth-order valence-corrected chi connectivity index (χ4v) is 3.71. The molecule has 0 bridgehead atoms. The zero-order valence-electron chi connectivity index (χ0n) is 16.5. The second-order valence-electron chi connectivity index (χ2n) is 8.14. The van der Waals surface area contributed by atoms with E-state index in [0.717, 1.165) is 5.56 Å². The molecule has 0 radical (unpaired) electrons. The lowest BCUT2D eigenvalue weighted by atomic mass is 10.0. The maximum Gasteiger partial charge on any atom is 0.311 e. The lowest BCUT2D eigenvalue weighted by Crippen LogP contribution is -2.16. The number of aryl methyl sites for hydroxylation is 1. The molecule has 1 aliphatic carbocycles. The van der Waals surface area contributed by atoms with Crippen molar-refractivity contribution in [1.82, 2.24) is 0 Å². The molecule has 1 fully saturated rings. The maximum atomic E-state index is 13.4. The summed E-state index contributed by atoms with van der Waals surface area (Å²) in [5.41, 5.74) is 0.400. The van der Waals surface area contributed by atoms with E-state index in [1.165, 1.54) is 0 Å². The maximum absolute atomic E-state index is 13.4. The number of hydrogen-bond donors (Lipinski definition) is 0. The van der Waals surface area contributed by atoms with Gasteiger partial charge in [0.1, 0.15) is 17.6 Å². The van der Waals surface area contributed by atoms with E-state index in [-0.39, 0.29) is 0 Å². The van der Waals surface area contributed by atoms with Crippen molar-refractivity contribution in [3.05, 3.63) is 59.7 Å². The van der Waals surface area contributed by atoms with Crippen LogP contribution in [0.4, 0.5) is 4.39 Å². The van der Waals surface area contributed by atoms with Gasteiger partial charge in [-0.2, -0.15) is 5.26 Å².